The molecule has 0 aliphatic rings. The van der Waals surface area contributed by atoms with Gasteiger partial charge in [0.25, 0.3) is 0 Å². The first-order chi connectivity index (χ1) is 6.77. The van der Waals surface area contributed by atoms with Crippen LogP contribution in [0.3, 0.4) is 0 Å². The topological polar surface area (TPSA) is 26.3 Å². The molecule has 0 unspecified atom stereocenters. The van der Waals surface area contributed by atoms with Crippen molar-refractivity contribution < 1.29 is 9.53 Å². The molecule has 2 heteroatoms. The van der Waals surface area contributed by atoms with Gasteiger partial charge in [-0.3, -0.25) is 0 Å². The summed E-state index contributed by atoms with van der Waals surface area (Å²) in [6, 6.07) is 5.68. The zero-order valence-corrected chi connectivity index (χ0v) is 8.33. The Kier molecular flexibility index (Phi) is 3.75. The van der Waals surface area contributed by atoms with Crippen LogP contribution in [0.15, 0.2) is 18.2 Å². The van der Waals surface area contributed by atoms with Crippen molar-refractivity contribution in [1.82, 2.24) is 0 Å². The van der Waals surface area contributed by atoms with Crippen LogP contribution in [0.4, 0.5) is 0 Å². The molecule has 2 nitrogen and oxygen atoms in total. The van der Waals surface area contributed by atoms with Crippen molar-refractivity contribution in [2.75, 3.05) is 7.11 Å². The minimum atomic E-state index is 0.283. The molecule has 0 fully saturated rings. The number of aldehydes is 1. The van der Waals surface area contributed by atoms with Crippen LogP contribution in [0.1, 0.15) is 17.5 Å². The number of methoxy groups -OCH3 is 1. The van der Waals surface area contributed by atoms with Crippen LogP contribution in [0.5, 0.6) is 5.75 Å². The minimum Gasteiger partial charge on any atom is -0.497 e. The Balaban J connectivity index is 2.90. The van der Waals surface area contributed by atoms with E-state index >= 15 is 0 Å². The van der Waals surface area contributed by atoms with E-state index in [1.54, 1.807) is 7.11 Å². The van der Waals surface area contributed by atoms with Crippen molar-refractivity contribution in [3.63, 3.8) is 0 Å². The quantitative estimate of drug-likeness (QED) is 0.523. The molecular weight excluding hydrogens is 176 g/mol. The molecule has 0 aliphatic carbocycles. The molecule has 1 aromatic carbocycles. The highest BCUT2D eigenvalue weighted by Gasteiger charge is 1.96. The van der Waals surface area contributed by atoms with Crippen LogP contribution >= 0.6 is 0 Å². The van der Waals surface area contributed by atoms with E-state index in [9.17, 15) is 4.79 Å². The lowest BCUT2D eigenvalue weighted by Gasteiger charge is -2.02. The van der Waals surface area contributed by atoms with Crippen molar-refractivity contribution in [3.05, 3.63) is 29.3 Å². The molecule has 72 valence electrons. The molecule has 0 heterocycles. The summed E-state index contributed by atoms with van der Waals surface area (Å²) in [5.41, 5.74) is 2.00. The van der Waals surface area contributed by atoms with E-state index in [1.165, 1.54) is 0 Å². The summed E-state index contributed by atoms with van der Waals surface area (Å²) in [7, 11) is 1.63. The standard InChI is InChI=1S/C12H12O2/c1-10-9-12(14-2)7-6-11(10)5-3-4-8-13/h6-9H,4H2,1-2H3. The first kappa shape index (κ1) is 10.3. The summed E-state index contributed by atoms with van der Waals surface area (Å²) in [4.78, 5) is 10.1. The molecule has 0 bridgehead atoms. The Labute approximate surface area is 83.9 Å². The van der Waals surface area contributed by atoms with E-state index in [1.807, 2.05) is 25.1 Å². The molecule has 1 aromatic rings. The Morgan fingerprint density at radius 1 is 1.50 bits per heavy atom. The van der Waals surface area contributed by atoms with Crippen molar-refractivity contribution >= 4 is 6.29 Å². The van der Waals surface area contributed by atoms with Crippen LogP contribution in [0.2, 0.25) is 0 Å². The second kappa shape index (κ2) is 5.08. The molecular formula is C12H12O2. The van der Waals surface area contributed by atoms with Gasteiger partial charge in [0.15, 0.2) is 0 Å². The molecule has 0 aromatic heterocycles. The van der Waals surface area contributed by atoms with E-state index in [-0.39, 0.29) is 6.42 Å². The number of hydrogen-bond donors (Lipinski definition) is 0. The van der Waals surface area contributed by atoms with Crippen molar-refractivity contribution in [3.8, 4) is 17.6 Å². The van der Waals surface area contributed by atoms with Crippen LogP contribution in [0.25, 0.3) is 0 Å². The lowest BCUT2D eigenvalue weighted by atomic mass is 10.1. The summed E-state index contributed by atoms with van der Waals surface area (Å²) >= 11 is 0. The van der Waals surface area contributed by atoms with Gasteiger partial charge in [0.05, 0.1) is 13.5 Å². The molecule has 0 radical (unpaired) electrons. The lowest BCUT2D eigenvalue weighted by molar-refractivity contribution is -0.107. The number of ether oxygens (including phenoxy) is 1. The van der Waals surface area contributed by atoms with E-state index in [0.29, 0.717) is 0 Å². The first-order valence-electron chi connectivity index (χ1n) is 4.35. The van der Waals surface area contributed by atoms with Gasteiger partial charge >= 0.3 is 0 Å². The van der Waals surface area contributed by atoms with Crippen LogP contribution in [-0.2, 0) is 4.79 Å². The average Bonchev–Trinajstić information content (AvgIpc) is 2.20. The van der Waals surface area contributed by atoms with Gasteiger partial charge in [0, 0.05) is 5.56 Å². The number of hydrogen-bond acceptors (Lipinski definition) is 2. The molecule has 14 heavy (non-hydrogen) atoms. The highest BCUT2D eigenvalue weighted by atomic mass is 16.5. The SMILES string of the molecule is COc1ccc(C#CCC=O)c(C)c1. The Morgan fingerprint density at radius 2 is 2.29 bits per heavy atom. The number of benzene rings is 1. The third-order valence-corrected chi connectivity index (χ3v) is 1.84. The number of carbonyl (C=O) groups is 1. The second-order valence-electron chi connectivity index (χ2n) is 2.85. The van der Waals surface area contributed by atoms with Gasteiger partial charge in [0.2, 0.25) is 0 Å². The van der Waals surface area contributed by atoms with Crippen LogP contribution in [-0.4, -0.2) is 13.4 Å². The summed E-state index contributed by atoms with van der Waals surface area (Å²) in [6.45, 7) is 1.97. The largest absolute Gasteiger partial charge is 0.497 e. The predicted octanol–water partition coefficient (Wildman–Crippen LogP) is 1.94. The van der Waals surface area contributed by atoms with Crippen LogP contribution < -0.4 is 4.74 Å². The maximum atomic E-state index is 10.1. The fourth-order valence-electron chi connectivity index (χ4n) is 1.09. The molecule has 0 atom stereocenters. The van der Waals surface area contributed by atoms with Gasteiger partial charge in [-0.05, 0) is 30.7 Å². The van der Waals surface area contributed by atoms with E-state index in [2.05, 4.69) is 11.8 Å². The molecule has 0 saturated carbocycles. The molecule has 0 aliphatic heterocycles. The molecule has 0 amide bonds. The smallest absolute Gasteiger partial charge is 0.131 e. The lowest BCUT2D eigenvalue weighted by Crippen LogP contribution is -1.86. The highest BCUT2D eigenvalue weighted by molar-refractivity contribution is 5.55. The van der Waals surface area contributed by atoms with Gasteiger partial charge in [-0.25, -0.2) is 0 Å². The maximum absolute atomic E-state index is 10.1. The molecule has 0 spiro atoms. The van der Waals surface area contributed by atoms with Gasteiger partial charge < -0.3 is 9.53 Å². The minimum absolute atomic E-state index is 0.283. The number of carbonyl (C=O) groups excluding carboxylic acids is 1. The Hall–Kier alpha value is -1.75. The second-order valence-corrected chi connectivity index (χ2v) is 2.85. The van der Waals surface area contributed by atoms with Crippen LogP contribution in [0, 0.1) is 18.8 Å². The van der Waals surface area contributed by atoms with Crippen molar-refractivity contribution in [2.45, 2.75) is 13.3 Å². The van der Waals surface area contributed by atoms with Gasteiger partial charge in [-0.1, -0.05) is 11.8 Å². The zero-order valence-electron chi connectivity index (χ0n) is 8.33. The van der Waals surface area contributed by atoms with Crippen molar-refractivity contribution in [2.24, 2.45) is 0 Å². The number of rotatable bonds is 2. The van der Waals surface area contributed by atoms with E-state index < -0.39 is 0 Å². The predicted molar refractivity (Wildman–Crippen MR) is 55.3 cm³/mol. The van der Waals surface area contributed by atoms with E-state index in [0.717, 1.165) is 23.2 Å². The fourth-order valence-corrected chi connectivity index (χ4v) is 1.09. The Bertz CT molecular complexity index is 383. The summed E-state index contributed by atoms with van der Waals surface area (Å²) < 4.78 is 5.07. The fraction of sp³-hybridized carbons (Fsp3) is 0.250. The van der Waals surface area contributed by atoms with Gasteiger partial charge in [0.1, 0.15) is 12.0 Å². The number of aryl methyl sites for hydroxylation is 1. The van der Waals surface area contributed by atoms with Gasteiger partial charge in [-0.2, -0.15) is 0 Å². The third kappa shape index (κ3) is 2.63. The average molecular weight is 188 g/mol. The van der Waals surface area contributed by atoms with E-state index in [4.69, 9.17) is 4.74 Å². The Morgan fingerprint density at radius 3 is 2.86 bits per heavy atom. The first-order valence-corrected chi connectivity index (χ1v) is 4.35. The zero-order chi connectivity index (χ0) is 10.4. The molecule has 0 N–H and O–H groups in total. The summed E-state index contributed by atoms with van der Waals surface area (Å²) in [5, 5.41) is 0. The third-order valence-electron chi connectivity index (χ3n) is 1.84. The molecule has 0 saturated heterocycles. The monoisotopic (exact) mass is 188 g/mol. The highest BCUT2D eigenvalue weighted by Crippen LogP contribution is 2.15. The van der Waals surface area contributed by atoms with Crippen molar-refractivity contribution in [1.29, 1.82) is 0 Å². The molecule has 1 rings (SSSR count). The van der Waals surface area contributed by atoms with Gasteiger partial charge in [-0.15, -0.1) is 0 Å². The normalized spacial score (nSPS) is 8.71. The maximum Gasteiger partial charge on any atom is 0.131 e. The summed E-state index contributed by atoms with van der Waals surface area (Å²) in [5.74, 6) is 6.52. The summed E-state index contributed by atoms with van der Waals surface area (Å²) in [6.07, 6.45) is 1.08.